The zero-order chi connectivity index (χ0) is 27.7. The van der Waals surface area contributed by atoms with Crippen LogP contribution >= 0.6 is 11.6 Å². The third-order valence-electron chi connectivity index (χ3n) is 6.55. The van der Waals surface area contributed by atoms with E-state index in [0.717, 1.165) is 11.8 Å². The second-order valence-electron chi connectivity index (χ2n) is 8.91. The summed E-state index contributed by atoms with van der Waals surface area (Å²) >= 11 is 6.81. The summed E-state index contributed by atoms with van der Waals surface area (Å²) in [4.78, 5) is 39.4. The van der Waals surface area contributed by atoms with Crippen molar-refractivity contribution in [2.45, 2.75) is 12.5 Å². The van der Waals surface area contributed by atoms with Crippen molar-refractivity contribution in [3.63, 3.8) is 0 Å². The van der Waals surface area contributed by atoms with E-state index in [-0.39, 0.29) is 22.8 Å². The zero-order valence-electron chi connectivity index (χ0n) is 21.3. The minimum Gasteiger partial charge on any atom is -0.495 e. The first-order chi connectivity index (χ1) is 18.8. The largest absolute Gasteiger partial charge is 0.495 e. The smallest absolute Gasteiger partial charge is 0.354 e. The van der Waals surface area contributed by atoms with Gasteiger partial charge in [-0.1, -0.05) is 24.2 Å². The molecular weight excluding hydrogens is 522 g/mol. The van der Waals surface area contributed by atoms with Crippen LogP contribution in [-0.2, 0) is 4.79 Å². The van der Waals surface area contributed by atoms with Gasteiger partial charge >= 0.3 is 5.69 Å². The zero-order valence-corrected chi connectivity index (χ0v) is 22.1. The monoisotopic (exact) mass is 547 g/mol. The Hall–Kier alpha value is -4.64. The lowest BCUT2D eigenvalue weighted by Crippen LogP contribution is -2.30. The molecule has 5 rings (SSSR count). The molecule has 3 N–H and O–H groups in total. The van der Waals surface area contributed by atoms with E-state index in [1.165, 1.54) is 37.1 Å². The first-order valence-electron chi connectivity index (χ1n) is 12.1. The fraction of sp³-hybridized carbons (Fsp3) is 0.222. The number of halogens is 1. The van der Waals surface area contributed by atoms with Crippen molar-refractivity contribution in [1.82, 2.24) is 24.4 Å². The summed E-state index contributed by atoms with van der Waals surface area (Å²) in [6, 6.07) is 8.73. The van der Waals surface area contributed by atoms with Gasteiger partial charge in [-0.2, -0.15) is 4.98 Å². The number of hydrogen-bond acceptors (Lipinski definition) is 9. The number of methoxy groups -OCH3 is 2. The van der Waals surface area contributed by atoms with E-state index < -0.39 is 5.69 Å². The van der Waals surface area contributed by atoms with E-state index in [9.17, 15) is 9.59 Å². The van der Waals surface area contributed by atoms with Crippen LogP contribution in [0.2, 0.25) is 5.02 Å². The van der Waals surface area contributed by atoms with Gasteiger partial charge in [0, 0.05) is 48.5 Å². The minimum atomic E-state index is -0.587. The summed E-state index contributed by atoms with van der Waals surface area (Å²) in [7, 11) is 2.99. The summed E-state index contributed by atoms with van der Waals surface area (Å²) in [5.41, 5.74) is 7.40. The SMILES string of the molecule is C=CC(=O)N1CCC(Nc2ncc3cc(-c4c(Cl)c(OC)cc(OC)c4-n4ccc(N)nc4=O)ccc3n2)C1. The highest BCUT2D eigenvalue weighted by atomic mass is 35.5. The lowest BCUT2D eigenvalue weighted by atomic mass is 10.00. The third kappa shape index (κ3) is 4.96. The summed E-state index contributed by atoms with van der Waals surface area (Å²) in [5, 5.41) is 4.35. The van der Waals surface area contributed by atoms with E-state index >= 15 is 0 Å². The molecule has 2 aromatic heterocycles. The Kier molecular flexibility index (Phi) is 7.07. The average molecular weight is 548 g/mol. The maximum atomic E-state index is 12.8. The van der Waals surface area contributed by atoms with Crippen LogP contribution in [0.3, 0.4) is 0 Å². The molecule has 12 heteroatoms. The highest BCUT2D eigenvalue weighted by Crippen LogP contribution is 2.45. The standard InChI is InChI=1S/C27H26ClN7O4/c1-4-22(36)34-9-7-17(14-34)31-26-30-13-16-11-15(5-6-18(16)32-26)23-24(28)19(38-2)12-20(39-3)25(23)35-10-8-21(29)33-27(35)37/h4-6,8,10-13,17H,1,7,9,14H2,2-3H3,(H2,29,33,37)(H,30,31,32). The molecular formula is C27H26ClN7O4. The molecule has 200 valence electrons. The Balaban J connectivity index is 1.56. The number of aromatic nitrogens is 4. The molecule has 0 aliphatic carbocycles. The first-order valence-corrected chi connectivity index (χ1v) is 12.5. The van der Waals surface area contributed by atoms with Crippen LogP contribution in [-0.4, -0.2) is 63.7 Å². The number of likely N-dealkylation sites (tertiary alicyclic amines) is 1. The van der Waals surface area contributed by atoms with Crippen molar-refractivity contribution in [2.75, 3.05) is 38.4 Å². The molecule has 1 unspecified atom stereocenters. The number of benzene rings is 2. The number of amides is 1. The van der Waals surface area contributed by atoms with Gasteiger partial charge < -0.3 is 25.4 Å². The van der Waals surface area contributed by atoms with Crippen LogP contribution < -0.4 is 26.2 Å². The number of carbonyl (C=O) groups is 1. The van der Waals surface area contributed by atoms with Crippen LogP contribution in [0.5, 0.6) is 11.5 Å². The van der Waals surface area contributed by atoms with Gasteiger partial charge in [-0.15, -0.1) is 0 Å². The molecule has 1 fully saturated rings. The van der Waals surface area contributed by atoms with Crippen molar-refractivity contribution >= 4 is 40.2 Å². The lowest BCUT2D eigenvalue weighted by molar-refractivity contribution is -0.125. The molecule has 1 aliphatic heterocycles. The summed E-state index contributed by atoms with van der Waals surface area (Å²) in [5.74, 6) is 1.21. The van der Waals surface area contributed by atoms with Crippen LogP contribution in [0.25, 0.3) is 27.7 Å². The van der Waals surface area contributed by atoms with Crippen LogP contribution in [0.1, 0.15) is 6.42 Å². The normalized spacial score (nSPS) is 14.8. The highest BCUT2D eigenvalue weighted by Gasteiger charge is 2.26. The van der Waals surface area contributed by atoms with Crippen LogP contribution in [0, 0.1) is 0 Å². The van der Waals surface area contributed by atoms with Crippen molar-refractivity contribution in [2.24, 2.45) is 0 Å². The fourth-order valence-corrected chi connectivity index (χ4v) is 4.97. The Morgan fingerprint density at radius 1 is 1.21 bits per heavy atom. The van der Waals surface area contributed by atoms with Gasteiger partial charge in [0.1, 0.15) is 23.0 Å². The molecule has 11 nitrogen and oxygen atoms in total. The van der Waals surface area contributed by atoms with E-state index in [4.69, 9.17) is 26.8 Å². The van der Waals surface area contributed by atoms with E-state index in [1.54, 1.807) is 17.2 Å². The first kappa shape index (κ1) is 26.0. The number of nitrogens with one attached hydrogen (secondary N) is 1. The summed E-state index contributed by atoms with van der Waals surface area (Å²) in [6.45, 7) is 4.76. The molecule has 1 saturated heterocycles. The Bertz CT molecular complexity index is 1660. The molecule has 1 atom stereocenters. The quantitative estimate of drug-likeness (QED) is 0.334. The maximum absolute atomic E-state index is 12.8. The van der Waals surface area contributed by atoms with Gasteiger partial charge in [-0.25, -0.2) is 14.8 Å². The number of nitrogen functional groups attached to an aromatic ring is 1. The van der Waals surface area contributed by atoms with Gasteiger partial charge in [-0.05, 0) is 36.3 Å². The number of anilines is 2. The van der Waals surface area contributed by atoms with Crippen LogP contribution in [0.4, 0.5) is 11.8 Å². The molecule has 1 aliphatic rings. The number of carbonyl (C=O) groups excluding carboxylic acids is 1. The number of hydrogen-bond donors (Lipinski definition) is 2. The highest BCUT2D eigenvalue weighted by molar-refractivity contribution is 6.35. The summed E-state index contributed by atoms with van der Waals surface area (Å²) < 4.78 is 12.4. The molecule has 0 radical (unpaired) electrons. The molecule has 1 amide bonds. The lowest BCUT2D eigenvalue weighted by Gasteiger charge is -2.20. The maximum Gasteiger partial charge on any atom is 0.354 e. The number of nitrogens with zero attached hydrogens (tertiary/aromatic N) is 5. The number of rotatable bonds is 7. The van der Waals surface area contributed by atoms with Crippen molar-refractivity contribution in [3.8, 4) is 28.3 Å². The fourth-order valence-electron chi connectivity index (χ4n) is 4.64. The van der Waals surface area contributed by atoms with Crippen molar-refractivity contribution in [1.29, 1.82) is 0 Å². The number of fused-ring (bicyclic) bond motifs is 1. The second-order valence-corrected chi connectivity index (χ2v) is 9.29. The van der Waals surface area contributed by atoms with Crippen LogP contribution in [0.15, 0.2) is 60.2 Å². The second kappa shape index (κ2) is 10.6. The Morgan fingerprint density at radius 3 is 2.72 bits per heavy atom. The molecule has 0 spiro atoms. The van der Waals surface area contributed by atoms with E-state index in [0.29, 0.717) is 52.9 Å². The van der Waals surface area contributed by atoms with Gasteiger partial charge in [0.25, 0.3) is 0 Å². The predicted octanol–water partition coefficient (Wildman–Crippen LogP) is 3.29. The van der Waals surface area contributed by atoms with E-state index in [1.807, 2.05) is 18.2 Å². The van der Waals surface area contributed by atoms with Gasteiger partial charge in [0.05, 0.1) is 24.8 Å². The Labute approximate surface area is 228 Å². The van der Waals surface area contributed by atoms with Gasteiger partial charge in [0.15, 0.2) is 0 Å². The number of ether oxygens (including phenoxy) is 2. The molecule has 2 aromatic carbocycles. The predicted molar refractivity (Wildman–Crippen MR) is 150 cm³/mol. The summed E-state index contributed by atoms with van der Waals surface area (Å²) in [6.07, 6.45) is 5.34. The minimum absolute atomic E-state index is 0.0445. The average Bonchev–Trinajstić information content (AvgIpc) is 3.40. The molecule has 0 saturated carbocycles. The molecule has 4 aromatic rings. The van der Waals surface area contributed by atoms with E-state index in [2.05, 4.69) is 26.8 Å². The van der Waals surface area contributed by atoms with Gasteiger partial charge in [0.2, 0.25) is 11.9 Å². The number of nitrogens with two attached hydrogens (primary N) is 1. The molecule has 39 heavy (non-hydrogen) atoms. The molecule has 0 bridgehead atoms. The Morgan fingerprint density at radius 2 is 2.00 bits per heavy atom. The molecule has 3 heterocycles. The van der Waals surface area contributed by atoms with Gasteiger partial charge in [-0.3, -0.25) is 9.36 Å². The third-order valence-corrected chi connectivity index (χ3v) is 6.93. The topological polar surface area (TPSA) is 137 Å². The van der Waals surface area contributed by atoms with Crippen molar-refractivity contribution < 1.29 is 14.3 Å². The van der Waals surface area contributed by atoms with Crippen molar-refractivity contribution in [3.05, 3.63) is 70.9 Å².